The molecule has 0 aliphatic heterocycles. The Morgan fingerprint density at radius 3 is 2.56 bits per heavy atom. The van der Waals surface area contributed by atoms with E-state index in [0.717, 1.165) is 5.56 Å². The summed E-state index contributed by atoms with van der Waals surface area (Å²) in [6.07, 6.45) is -3.99. The van der Waals surface area contributed by atoms with Crippen molar-refractivity contribution < 1.29 is 18.3 Å². The summed E-state index contributed by atoms with van der Waals surface area (Å²) < 4.78 is 31.2. The number of carbonyl (C=O) groups is 1. The topological polar surface area (TPSA) is 64.3 Å². The van der Waals surface area contributed by atoms with Crippen LogP contribution in [0.4, 0.5) is 8.78 Å². The lowest BCUT2D eigenvalue weighted by Crippen LogP contribution is -2.47. The molecule has 0 spiro atoms. The quantitative estimate of drug-likeness (QED) is 0.493. The first kappa shape index (κ1) is 14.4. The Balaban J connectivity index is 3.10. The molecule has 0 heterocycles. The number of nitrogens with two attached hydrogens (primary N) is 1. The molecule has 0 aliphatic carbocycles. The Kier molecular flexibility index (Phi) is 4.24. The molecule has 0 radical (unpaired) electrons. The van der Waals surface area contributed by atoms with E-state index < -0.39 is 12.0 Å². The number of ether oxygens (including phenoxy) is 1. The van der Waals surface area contributed by atoms with Gasteiger partial charge in [-0.1, -0.05) is 26.0 Å². The van der Waals surface area contributed by atoms with Crippen molar-refractivity contribution in [1.82, 2.24) is 5.43 Å². The van der Waals surface area contributed by atoms with E-state index in [2.05, 4.69) is 10.6 Å². The van der Waals surface area contributed by atoms with Gasteiger partial charge in [-0.15, -0.1) is 0 Å². The normalized spacial score (nSPS) is 11.5. The molecule has 0 fully saturated rings. The predicted octanol–water partition coefficient (Wildman–Crippen LogP) is 2.08. The van der Waals surface area contributed by atoms with E-state index in [4.69, 9.17) is 0 Å². The molecule has 1 amide bonds. The maximum Gasteiger partial charge on any atom is 0.483 e. The van der Waals surface area contributed by atoms with Crippen molar-refractivity contribution in [2.24, 2.45) is 5.84 Å². The van der Waals surface area contributed by atoms with Gasteiger partial charge in [0.1, 0.15) is 5.75 Å². The van der Waals surface area contributed by atoms with E-state index in [9.17, 15) is 13.6 Å². The van der Waals surface area contributed by atoms with E-state index in [-0.39, 0.29) is 11.7 Å². The molecule has 3 N–H and O–H groups in total. The Labute approximate surface area is 104 Å². The van der Waals surface area contributed by atoms with Gasteiger partial charge in [0.25, 0.3) is 0 Å². The minimum Gasteiger partial charge on any atom is -0.425 e. The fraction of sp³-hybridized carbons (Fsp3) is 0.417. The molecular formula is C12H16F2N2O2. The fourth-order valence-corrected chi connectivity index (χ4v) is 1.48. The Bertz CT molecular complexity index is 448. The van der Waals surface area contributed by atoms with Gasteiger partial charge >= 0.3 is 12.0 Å². The van der Waals surface area contributed by atoms with Gasteiger partial charge in [0.15, 0.2) is 0 Å². The van der Waals surface area contributed by atoms with Gasteiger partial charge < -0.3 is 4.74 Å². The lowest BCUT2D eigenvalue weighted by molar-refractivity contribution is -0.193. The third kappa shape index (κ3) is 3.16. The summed E-state index contributed by atoms with van der Waals surface area (Å²) in [4.78, 5) is 10.9. The summed E-state index contributed by atoms with van der Waals surface area (Å²) >= 11 is 0. The molecule has 4 nitrogen and oxygen atoms in total. The van der Waals surface area contributed by atoms with Crippen LogP contribution in [0.3, 0.4) is 0 Å². The largest absolute Gasteiger partial charge is 0.483 e. The van der Waals surface area contributed by atoms with E-state index >= 15 is 0 Å². The first-order chi connectivity index (χ1) is 8.27. The van der Waals surface area contributed by atoms with Crippen LogP contribution < -0.4 is 16.0 Å². The fourth-order valence-electron chi connectivity index (χ4n) is 1.48. The number of alkyl halides is 2. The summed E-state index contributed by atoms with van der Waals surface area (Å²) in [5.74, 6) is 2.98. The highest BCUT2D eigenvalue weighted by atomic mass is 19.3. The smallest absolute Gasteiger partial charge is 0.425 e. The van der Waals surface area contributed by atoms with Crippen molar-refractivity contribution in [3.05, 3.63) is 29.3 Å². The molecule has 6 heteroatoms. The summed E-state index contributed by atoms with van der Waals surface area (Å²) in [5, 5.41) is 0. The molecule has 1 aromatic rings. The number of halogens is 2. The van der Waals surface area contributed by atoms with Crippen molar-refractivity contribution in [2.45, 2.75) is 32.8 Å². The van der Waals surface area contributed by atoms with Gasteiger partial charge in [-0.05, 0) is 30.0 Å². The summed E-state index contributed by atoms with van der Waals surface area (Å²) in [6, 6.07) is 4.96. The van der Waals surface area contributed by atoms with Crippen molar-refractivity contribution in [2.75, 3.05) is 0 Å². The van der Waals surface area contributed by atoms with E-state index in [1.807, 2.05) is 13.8 Å². The van der Waals surface area contributed by atoms with Gasteiger partial charge in [0.2, 0.25) is 0 Å². The molecule has 100 valence electrons. The monoisotopic (exact) mass is 258 g/mol. The van der Waals surface area contributed by atoms with Gasteiger partial charge in [-0.3, -0.25) is 10.2 Å². The number of amides is 1. The lowest BCUT2D eigenvalue weighted by Gasteiger charge is -2.20. The maximum atomic E-state index is 13.4. The van der Waals surface area contributed by atoms with Crippen LogP contribution in [-0.2, 0) is 4.79 Å². The zero-order valence-electron chi connectivity index (χ0n) is 10.5. The number of nitrogens with one attached hydrogen (secondary N) is 1. The van der Waals surface area contributed by atoms with Crippen molar-refractivity contribution in [3.8, 4) is 5.75 Å². The number of hydrogen-bond donors (Lipinski definition) is 2. The molecule has 0 bridgehead atoms. The molecule has 0 aromatic heterocycles. The SMILES string of the molecule is Cc1ccc(C(C)C)c(OC(F)(F)C(=O)NN)c1. The van der Waals surface area contributed by atoms with Gasteiger partial charge in [0.05, 0.1) is 0 Å². The standard InChI is InChI=1S/C12H16F2N2O2/c1-7(2)9-5-4-8(3)6-10(9)18-12(13,14)11(17)16-15/h4-7H,15H2,1-3H3,(H,16,17). The molecule has 1 rings (SSSR count). The molecule has 0 saturated heterocycles. The third-order valence-electron chi connectivity index (χ3n) is 2.42. The number of hydrazine groups is 1. The number of aryl methyl sites for hydroxylation is 1. The summed E-state index contributed by atoms with van der Waals surface area (Å²) in [5.41, 5.74) is 2.74. The van der Waals surface area contributed by atoms with Crippen LogP contribution in [0.1, 0.15) is 30.9 Å². The number of benzene rings is 1. The average molecular weight is 258 g/mol. The van der Waals surface area contributed by atoms with Gasteiger partial charge in [-0.2, -0.15) is 8.78 Å². The molecular weight excluding hydrogens is 242 g/mol. The van der Waals surface area contributed by atoms with Crippen LogP contribution in [-0.4, -0.2) is 12.0 Å². The molecule has 0 saturated carbocycles. The second kappa shape index (κ2) is 5.30. The second-order valence-corrected chi connectivity index (χ2v) is 4.29. The zero-order valence-corrected chi connectivity index (χ0v) is 10.5. The van der Waals surface area contributed by atoms with Crippen LogP contribution in [0.15, 0.2) is 18.2 Å². The molecule has 0 aliphatic rings. The van der Waals surface area contributed by atoms with Crippen molar-refractivity contribution in [3.63, 3.8) is 0 Å². The number of hydrogen-bond acceptors (Lipinski definition) is 3. The highest BCUT2D eigenvalue weighted by Crippen LogP contribution is 2.31. The number of rotatable bonds is 4. The van der Waals surface area contributed by atoms with Crippen molar-refractivity contribution in [1.29, 1.82) is 0 Å². The molecule has 1 aromatic carbocycles. The molecule has 0 unspecified atom stereocenters. The van der Waals surface area contributed by atoms with E-state index in [1.165, 1.54) is 11.5 Å². The average Bonchev–Trinajstić information content (AvgIpc) is 2.26. The predicted molar refractivity (Wildman–Crippen MR) is 63.2 cm³/mol. The highest BCUT2D eigenvalue weighted by Gasteiger charge is 2.42. The van der Waals surface area contributed by atoms with Crippen LogP contribution in [0.25, 0.3) is 0 Å². The first-order valence-corrected chi connectivity index (χ1v) is 5.46. The van der Waals surface area contributed by atoms with Gasteiger partial charge in [0, 0.05) is 0 Å². The molecule has 0 atom stereocenters. The Morgan fingerprint density at radius 1 is 1.44 bits per heavy atom. The highest BCUT2D eigenvalue weighted by molar-refractivity contribution is 5.81. The molecule has 18 heavy (non-hydrogen) atoms. The van der Waals surface area contributed by atoms with Crippen molar-refractivity contribution >= 4 is 5.91 Å². The second-order valence-electron chi connectivity index (χ2n) is 4.29. The Morgan fingerprint density at radius 2 is 2.06 bits per heavy atom. The van der Waals surface area contributed by atoms with Crippen LogP contribution in [0, 0.1) is 6.92 Å². The first-order valence-electron chi connectivity index (χ1n) is 5.46. The van der Waals surface area contributed by atoms with Crippen LogP contribution in [0.5, 0.6) is 5.75 Å². The third-order valence-corrected chi connectivity index (χ3v) is 2.42. The summed E-state index contributed by atoms with van der Waals surface area (Å²) in [6.45, 7) is 5.44. The van der Waals surface area contributed by atoms with Crippen LogP contribution in [0.2, 0.25) is 0 Å². The minimum absolute atomic E-state index is 0.00247. The van der Waals surface area contributed by atoms with Crippen LogP contribution >= 0.6 is 0 Å². The van der Waals surface area contributed by atoms with E-state index in [0.29, 0.717) is 5.56 Å². The summed E-state index contributed by atoms with van der Waals surface area (Å²) in [7, 11) is 0. The minimum atomic E-state index is -3.99. The van der Waals surface area contributed by atoms with Gasteiger partial charge in [-0.25, -0.2) is 5.84 Å². The lowest BCUT2D eigenvalue weighted by atomic mass is 10.0. The Hall–Kier alpha value is -1.69. The zero-order chi connectivity index (χ0) is 13.9. The number of carbonyl (C=O) groups excluding carboxylic acids is 1. The van der Waals surface area contributed by atoms with E-state index in [1.54, 1.807) is 19.1 Å². The maximum absolute atomic E-state index is 13.4.